The summed E-state index contributed by atoms with van der Waals surface area (Å²) in [7, 11) is -3.82. The zero-order valence-corrected chi connectivity index (χ0v) is 30.6. The standard InChI is InChI=1S/C31H52N6O15S/c1-14(2)23(35-28(44)22(49-3)13-50-53(46,47)48)29(45)37-17-10-20(51-30-26(42)25(41)24(40)21(12-38)52-30)19(39)9-16(17)8-18(37)27(43)34-6-4-15-5-7-36(11-15)31(32)33/h5,14,16-26,30,38-42H,4,6-13H2,1-3H3,(H6,32,33,34,35,43,44,46,47,48)/p+1/t16-,17+,18-,19+,20+,21-,22?,23?,24-,25+,26-,30+/m1/s1. The first-order valence-electron chi connectivity index (χ1n) is 17.4. The first-order chi connectivity index (χ1) is 24.9. The van der Waals surface area contributed by atoms with Crippen molar-refractivity contribution in [3.63, 3.8) is 0 Å². The molecule has 3 heterocycles. The lowest BCUT2D eigenvalue weighted by Gasteiger charge is -2.44. The van der Waals surface area contributed by atoms with Crippen LogP contribution in [0.2, 0.25) is 0 Å². The number of hydrogen-bond acceptors (Lipinski definition) is 14. The molecule has 1 aliphatic carbocycles. The minimum absolute atomic E-state index is 0.0530. The summed E-state index contributed by atoms with van der Waals surface area (Å²) in [5.74, 6) is -2.91. The summed E-state index contributed by atoms with van der Waals surface area (Å²) < 4.78 is 53.7. The SMILES string of the molecule is COC(COS(=O)(=O)O)C(=O)NC(C(=O)N1[C@@H](C(=O)NCCC2=CC[N+](=C(N)N)C2)C[C@@H]2C[C@H](O)[C@@H](O[C@H]3O[C@H](CO)[C@@H](O)[C@H](O)[C@H]3O)C[C@@H]21)C(C)C. The molecule has 0 spiro atoms. The molecule has 302 valence electrons. The molecule has 1 saturated carbocycles. The molecular formula is C31H53N6O15S+. The van der Waals surface area contributed by atoms with E-state index in [1.54, 1.807) is 18.4 Å². The topological polar surface area (TPSA) is 326 Å². The Balaban J connectivity index is 1.57. The second-order valence-corrected chi connectivity index (χ2v) is 15.2. The molecule has 12 N–H and O–H groups in total. The Morgan fingerprint density at radius 1 is 1.09 bits per heavy atom. The molecule has 0 aromatic heterocycles. The predicted molar refractivity (Wildman–Crippen MR) is 181 cm³/mol. The summed E-state index contributed by atoms with van der Waals surface area (Å²) in [5, 5.41) is 57.2. The molecule has 53 heavy (non-hydrogen) atoms. The lowest BCUT2D eigenvalue weighted by atomic mass is 9.81. The largest absolute Gasteiger partial charge is 0.397 e. The van der Waals surface area contributed by atoms with E-state index in [0.29, 0.717) is 19.5 Å². The van der Waals surface area contributed by atoms with Crippen LogP contribution in [-0.4, -0.2) is 179 Å². The van der Waals surface area contributed by atoms with Crippen molar-refractivity contribution in [2.75, 3.05) is 40.0 Å². The number of rotatable bonds is 15. The number of ether oxygens (including phenoxy) is 3. The van der Waals surface area contributed by atoms with Crippen LogP contribution in [0.1, 0.15) is 39.5 Å². The van der Waals surface area contributed by atoms with E-state index in [-0.39, 0.29) is 31.8 Å². The van der Waals surface area contributed by atoms with E-state index in [1.807, 2.05) is 6.08 Å². The normalized spacial score (nSPS) is 32.9. The number of nitrogens with two attached hydrogens (primary N) is 2. The molecule has 2 unspecified atom stereocenters. The highest BCUT2D eigenvalue weighted by molar-refractivity contribution is 7.80. The molecule has 0 radical (unpaired) electrons. The third-order valence-electron chi connectivity index (χ3n) is 10.2. The van der Waals surface area contributed by atoms with Gasteiger partial charge in [-0.3, -0.25) is 35.0 Å². The molecule has 4 aliphatic rings. The van der Waals surface area contributed by atoms with E-state index in [9.17, 15) is 48.3 Å². The molecule has 0 bridgehead atoms. The number of carbonyl (C=O) groups excluding carboxylic acids is 3. The highest BCUT2D eigenvalue weighted by atomic mass is 32.3. The van der Waals surface area contributed by atoms with Crippen LogP contribution in [0.4, 0.5) is 0 Å². The minimum Gasteiger partial charge on any atom is -0.394 e. The molecule has 22 heteroatoms. The van der Waals surface area contributed by atoms with E-state index in [1.165, 1.54) is 4.90 Å². The molecule has 21 nitrogen and oxygen atoms in total. The minimum atomic E-state index is -4.91. The average molecular weight is 782 g/mol. The first-order valence-corrected chi connectivity index (χ1v) is 18.7. The van der Waals surface area contributed by atoms with Crippen LogP contribution in [0, 0.1) is 11.8 Å². The van der Waals surface area contributed by atoms with E-state index in [4.69, 9.17) is 30.2 Å². The summed E-state index contributed by atoms with van der Waals surface area (Å²) in [6, 6.07) is -3.08. The van der Waals surface area contributed by atoms with Crippen molar-refractivity contribution < 1.29 is 75.9 Å². The van der Waals surface area contributed by atoms with Gasteiger partial charge in [0.25, 0.3) is 5.91 Å². The van der Waals surface area contributed by atoms with Crippen molar-refractivity contribution in [1.29, 1.82) is 0 Å². The van der Waals surface area contributed by atoms with Crippen LogP contribution in [0.3, 0.4) is 0 Å². The van der Waals surface area contributed by atoms with Crippen molar-refractivity contribution in [3.8, 4) is 0 Å². The van der Waals surface area contributed by atoms with Crippen LogP contribution < -0.4 is 22.1 Å². The molecule has 3 fully saturated rings. The third kappa shape index (κ3) is 10.4. The second-order valence-electron chi connectivity index (χ2n) is 14.1. The number of aliphatic hydroxyl groups is 5. The Hall–Kier alpha value is -3.03. The monoisotopic (exact) mass is 781 g/mol. The maximum Gasteiger partial charge on any atom is 0.397 e. The Bertz CT molecular complexity index is 1490. The van der Waals surface area contributed by atoms with Crippen molar-refractivity contribution in [2.24, 2.45) is 23.3 Å². The number of fused-ring (bicyclic) bond motifs is 1. The Morgan fingerprint density at radius 3 is 2.38 bits per heavy atom. The van der Waals surface area contributed by atoms with Crippen LogP contribution in [0.25, 0.3) is 0 Å². The number of nitrogens with zero attached hydrogens (tertiary/aromatic N) is 2. The van der Waals surface area contributed by atoms with Gasteiger partial charge in [-0.15, -0.1) is 0 Å². The molecule has 2 saturated heterocycles. The zero-order chi connectivity index (χ0) is 39.4. The maximum absolute atomic E-state index is 14.5. The van der Waals surface area contributed by atoms with E-state index >= 15 is 0 Å². The lowest BCUT2D eigenvalue weighted by molar-refractivity contribution is -0.503. The fourth-order valence-electron chi connectivity index (χ4n) is 7.26. The number of nitrogens with one attached hydrogen (secondary N) is 2. The quantitative estimate of drug-likeness (QED) is 0.0321. The maximum atomic E-state index is 14.5. The summed E-state index contributed by atoms with van der Waals surface area (Å²) in [5.41, 5.74) is 12.4. The fraction of sp³-hybridized carbons (Fsp3) is 0.806. The summed E-state index contributed by atoms with van der Waals surface area (Å²) in [4.78, 5) is 42.9. The van der Waals surface area contributed by atoms with Crippen LogP contribution in [0.5, 0.6) is 0 Å². The van der Waals surface area contributed by atoms with Gasteiger partial charge in [0.05, 0.1) is 31.9 Å². The first kappa shape index (κ1) is 42.7. The zero-order valence-electron chi connectivity index (χ0n) is 29.8. The summed E-state index contributed by atoms with van der Waals surface area (Å²) in [6.45, 7) is 2.93. The number of aliphatic hydroxyl groups excluding tert-OH is 5. The number of hydrogen-bond donors (Lipinski definition) is 10. The number of likely N-dealkylation sites (tertiary alicyclic amines) is 1. The van der Waals surface area contributed by atoms with Gasteiger partial charge >= 0.3 is 16.4 Å². The summed E-state index contributed by atoms with van der Waals surface area (Å²) >= 11 is 0. The lowest BCUT2D eigenvalue weighted by Crippen LogP contribution is -2.62. The third-order valence-corrected chi connectivity index (χ3v) is 10.6. The van der Waals surface area contributed by atoms with Gasteiger partial charge in [-0.25, -0.2) is 4.18 Å². The van der Waals surface area contributed by atoms with Gasteiger partial charge in [0.15, 0.2) is 12.4 Å². The van der Waals surface area contributed by atoms with Gasteiger partial charge in [-0.2, -0.15) is 8.42 Å². The smallest absolute Gasteiger partial charge is 0.394 e. The van der Waals surface area contributed by atoms with Crippen molar-refractivity contribution in [2.45, 2.75) is 107 Å². The van der Waals surface area contributed by atoms with Crippen LogP contribution in [-0.2, 0) is 43.2 Å². The molecule has 3 amide bonds. The molecule has 12 atom stereocenters. The summed E-state index contributed by atoms with van der Waals surface area (Å²) in [6.07, 6.45) is -9.25. The van der Waals surface area contributed by atoms with Crippen molar-refractivity contribution in [1.82, 2.24) is 15.5 Å². The van der Waals surface area contributed by atoms with E-state index in [0.717, 1.165) is 12.7 Å². The van der Waals surface area contributed by atoms with Crippen LogP contribution in [0.15, 0.2) is 11.6 Å². The van der Waals surface area contributed by atoms with Gasteiger partial charge in [-0.05, 0) is 49.2 Å². The highest BCUT2D eigenvalue weighted by Gasteiger charge is 2.54. The molecule has 0 aromatic carbocycles. The molecule has 4 rings (SSSR count). The predicted octanol–water partition coefficient (Wildman–Crippen LogP) is -5.38. The van der Waals surface area contributed by atoms with Gasteiger partial charge in [-0.1, -0.05) is 13.8 Å². The van der Waals surface area contributed by atoms with Gasteiger partial charge in [0, 0.05) is 19.7 Å². The van der Waals surface area contributed by atoms with Crippen molar-refractivity contribution in [3.05, 3.63) is 11.6 Å². The van der Waals surface area contributed by atoms with Crippen molar-refractivity contribution >= 4 is 34.1 Å². The average Bonchev–Trinajstić information content (AvgIpc) is 3.72. The van der Waals surface area contributed by atoms with E-state index in [2.05, 4.69) is 14.8 Å². The Kier molecular flexibility index (Phi) is 14.6. The van der Waals surface area contributed by atoms with E-state index < -0.39 is 120 Å². The number of methoxy groups -OCH3 is 1. The Labute approximate surface area is 306 Å². The van der Waals surface area contributed by atoms with Crippen LogP contribution >= 0.6 is 0 Å². The highest BCUT2D eigenvalue weighted by Crippen LogP contribution is 2.42. The van der Waals surface area contributed by atoms with Gasteiger partial charge in [0.2, 0.25) is 11.8 Å². The number of amides is 3. The number of carbonyl (C=O) groups is 3. The molecular weight excluding hydrogens is 728 g/mol. The number of guanidine groups is 1. The molecule has 0 aromatic rings. The Morgan fingerprint density at radius 2 is 1.79 bits per heavy atom. The second kappa shape index (κ2) is 18.1. The fourth-order valence-corrected chi connectivity index (χ4v) is 7.55. The van der Waals surface area contributed by atoms with Gasteiger partial charge < -0.3 is 55.3 Å². The molecule has 3 aliphatic heterocycles. The van der Waals surface area contributed by atoms with Gasteiger partial charge in [0.1, 0.15) is 43.1 Å².